The lowest BCUT2D eigenvalue weighted by atomic mass is 10.1. The van der Waals surface area contributed by atoms with E-state index in [0.717, 1.165) is 32.7 Å². The fourth-order valence-electron chi connectivity index (χ4n) is 1.47. The molecule has 0 aliphatic heterocycles. The van der Waals surface area contributed by atoms with E-state index in [1.54, 1.807) is 7.11 Å². The van der Waals surface area contributed by atoms with Crippen molar-refractivity contribution >= 4 is 5.84 Å². The van der Waals surface area contributed by atoms with Gasteiger partial charge in [0, 0.05) is 39.2 Å². The summed E-state index contributed by atoms with van der Waals surface area (Å²) in [5.74, 6) is 0.275. The molecule has 0 heterocycles. The molecule has 0 saturated heterocycles. The van der Waals surface area contributed by atoms with Crippen molar-refractivity contribution in [2.24, 2.45) is 10.9 Å². The molecule has 0 fully saturated rings. The van der Waals surface area contributed by atoms with Crippen molar-refractivity contribution in [1.82, 2.24) is 10.2 Å². The van der Waals surface area contributed by atoms with Crippen LogP contribution in [0.1, 0.15) is 19.8 Å². The number of hydrogen-bond acceptors (Lipinski definition) is 5. The molecule has 1 atom stereocenters. The highest BCUT2D eigenvalue weighted by Crippen LogP contribution is 1.97. The Morgan fingerprint density at radius 1 is 1.53 bits per heavy atom. The lowest BCUT2D eigenvalue weighted by molar-refractivity contribution is 0.161. The molecule has 0 rings (SSSR count). The molecule has 17 heavy (non-hydrogen) atoms. The summed E-state index contributed by atoms with van der Waals surface area (Å²) in [6.45, 7) is 5.59. The zero-order chi connectivity index (χ0) is 13.1. The highest BCUT2D eigenvalue weighted by molar-refractivity contribution is 5.80. The van der Waals surface area contributed by atoms with Crippen LogP contribution in [-0.4, -0.2) is 62.4 Å². The number of amidine groups is 1. The van der Waals surface area contributed by atoms with Gasteiger partial charge in [-0.3, -0.25) is 0 Å². The summed E-state index contributed by atoms with van der Waals surface area (Å²) in [7, 11) is 3.77. The zero-order valence-corrected chi connectivity index (χ0v) is 11.1. The number of ether oxygens (including phenoxy) is 1. The number of hydrogen-bond donors (Lipinski definition) is 3. The summed E-state index contributed by atoms with van der Waals surface area (Å²) in [4.78, 5) is 2.20. The molecule has 0 amide bonds. The molecule has 0 spiro atoms. The van der Waals surface area contributed by atoms with Gasteiger partial charge in [-0.05, 0) is 13.5 Å². The lowest BCUT2D eigenvalue weighted by Gasteiger charge is -2.20. The second-order valence-corrected chi connectivity index (χ2v) is 4.15. The third kappa shape index (κ3) is 8.91. The van der Waals surface area contributed by atoms with Gasteiger partial charge < -0.3 is 25.9 Å². The molecule has 0 aromatic rings. The first-order chi connectivity index (χ1) is 8.13. The second-order valence-electron chi connectivity index (χ2n) is 4.15. The van der Waals surface area contributed by atoms with Crippen LogP contribution in [-0.2, 0) is 4.74 Å². The summed E-state index contributed by atoms with van der Waals surface area (Å²) >= 11 is 0. The van der Waals surface area contributed by atoms with Gasteiger partial charge in [-0.1, -0.05) is 12.1 Å². The summed E-state index contributed by atoms with van der Waals surface area (Å²) in [5, 5.41) is 14.9. The predicted octanol–water partition coefficient (Wildman–Crippen LogP) is 0.0693. The average Bonchev–Trinajstić information content (AvgIpc) is 2.34. The maximum atomic E-state index is 8.50. The number of likely N-dealkylation sites (N-methyl/N-ethyl adjacent to an activating group) is 1. The molecule has 6 nitrogen and oxygen atoms in total. The van der Waals surface area contributed by atoms with Crippen LogP contribution >= 0.6 is 0 Å². The smallest absolute Gasteiger partial charge is 0.140 e. The maximum absolute atomic E-state index is 8.50. The van der Waals surface area contributed by atoms with Gasteiger partial charge in [0.05, 0.1) is 6.61 Å². The third-order valence-corrected chi connectivity index (χ3v) is 2.68. The fraction of sp³-hybridized carbons (Fsp3) is 0.909. The van der Waals surface area contributed by atoms with Gasteiger partial charge in [0.2, 0.25) is 0 Å². The molecule has 0 radical (unpaired) electrons. The summed E-state index contributed by atoms with van der Waals surface area (Å²) in [6.07, 6.45) is 1.53. The Morgan fingerprint density at radius 2 is 2.24 bits per heavy atom. The lowest BCUT2D eigenvalue weighted by Crippen LogP contribution is -2.38. The Labute approximate surface area is 104 Å². The van der Waals surface area contributed by atoms with E-state index in [0.29, 0.717) is 6.42 Å². The van der Waals surface area contributed by atoms with Gasteiger partial charge in [-0.15, -0.1) is 0 Å². The van der Waals surface area contributed by atoms with Crippen molar-refractivity contribution in [2.75, 3.05) is 40.4 Å². The number of nitrogens with two attached hydrogens (primary N) is 1. The molecule has 0 aromatic carbocycles. The molecule has 6 heteroatoms. The monoisotopic (exact) mass is 246 g/mol. The average molecular weight is 246 g/mol. The van der Waals surface area contributed by atoms with Crippen LogP contribution in [0.5, 0.6) is 0 Å². The van der Waals surface area contributed by atoms with Crippen LogP contribution in [0.25, 0.3) is 0 Å². The molecule has 102 valence electrons. The van der Waals surface area contributed by atoms with Crippen LogP contribution in [0.2, 0.25) is 0 Å². The van der Waals surface area contributed by atoms with Crippen LogP contribution in [0.4, 0.5) is 0 Å². The number of rotatable bonds is 10. The molecule has 0 aliphatic rings. The highest BCUT2D eigenvalue weighted by Gasteiger charge is 2.08. The Balaban J connectivity index is 3.69. The number of oxime groups is 1. The van der Waals surface area contributed by atoms with E-state index in [1.807, 2.05) is 0 Å². The molecule has 0 aromatic heterocycles. The predicted molar refractivity (Wildman–Crippen MR) is 69.5 cm³/mol. The standard InChI is InChI=1S/C11H26N4O2/c1-4-10(9-11(12)14-16)13-5-6-15(2)7-8-17-3/h10,13,16H,4-9H2,1-3H3,(H2,12,14). The van der Waals surface area contributed by atoms with Crippen molar-refractivity contribution in [3.05, 3.63) is 0 Å². The van der Waals surface area contributed by atoms with E-state index < -0.39 is 0 Å². The maximum Gasteiger partial charge on any atom is 0.140 e. The SMILES string of the molecule is CCC(CC(N)=NO)NCCN(C)CCOC. The number of methoxy groups -OCH3 is 1. The van der Waals surface area contributed by atoms with Crippen LogP contribution in [0.15, 0.2) is 5.16 Å². The first-order valence-corrected chi connectivity index (χ1v) is 6.01. The van der Waals surface area contributed by atoms with E-state index in [-0.39, 0.29) is 11.9 Å². The minimum absolute atomic E-state index is 0.265. The quantitative estimate of drug-likeness (QED) is 0.220. The molecule has 0 aliphatic carbocycles. The Hall–Kier alpha value is -0.850. The molecular weight excluding hydrogens is 220 g/mol. The first kappa shape index (κ1) is 16.1. The van der Waals surface area contributed by atoms with E-state index in [2.05, 4.69) is 29.3 Å². The topological polar surface area (TPSA) is 83.1 Å². The fourth-order valence-corrected chi connectivity index (χ4v) is 1.47. The summed E-state index contributed by atoms with van der Waals surface area (Å²) < 4.78 is 5.01. The van der Waals surface area contributed by atoms with Crippen molar-refractivity contribution in [3.8, 4) is 0 Å². The van der Waals surface area contributed by atoms with Crippen molar-refractivity contribution in [1.29, 1.82) is 0 Å². The van der Waals surface area contributed by atoms with Gasteiger partial charge in [0.25, 0.3) is 0 Å². The van der Waals surface area contributed by atoms with Crippen LogP contribution in [0, 0.1) is 0 Å². The van der Waals surface area contributed by atoms with Gasteiger partial charge >= 0.3 is 0 Å². The van der Waals surface area contributed by atoms with E-state index in [4.69, 9.17) is 15.7 Å². The molecule has 1 unspecified atom stereocenters. The van der Waals surface area contributed by atoms with Crippen molar-refractivity contribution in [3.63, 3.8) is 0 Å². The second kappa shape index (κ2) is 10.3. The molecule has 0 bridgehead atoms. The Kier molecular flexibility index (Phi) is 9.80. The Bertz CT molecular complexity index is 212. The molecule has 0 saturated carbocycles. The van der Waals surface area contributed by atoms with E-state index in [1.165, 1.54) is 0 Å². The minimum atomic E-state index is 0.265. The number of nitrogens with one attached hydrogen (secondary N) is 1. The van der Waals surface area contributed by atoms with Gasteiger partial charge in [-0.25, -0.2) is 0 Å². The summed E-state index contributed by atoms with van der Waals surface area (Å²) in [6, 6.07) is 0.265. The van der Waals surface area contributed by atoms with Gasteiger partial charge in [-0.2, -0.15) is 0 Å². The first-order valence-electron chi connectivity index (χ1n) is 6.01. The van der Waals surface area contributed by atoms with Crippen LogP contribution in [0.3, 0.4) is 0 Å². The normalized spacial score (nSPS) is 14.2. The Morgan fingerprint density at radius 3 is 2.76 bits per heavy atom. The largest absolute Gasteiger partial charge is 0.409 e. The van der Waals surface area contributed by atoms with Crippen molar-refractivity contribution in [2.45, 2.75) is 25.8 Å². The van der Waals surface area contributed by atoms with E-state index >= 15 is 0 Å². The summed E-state index contributed by atoms with van der Waals surface area (Å²) in [5.41, 5.74) is 5.48. The highest BCUT2D eigenvalue weighted by atomic mass is 16.5. The number of nitrogens with zero attached hydrogens (tertiary/aromatic N) is 2. The third-order valence-electron chi connectivity index (χ3n) is 2.68. The van der Waals surface area contributed by atoms with Gasteiger partial charge in [0.15, 0.2) is 0 Å². The zero-order valence-electron chi connectivity index (χ0n) is 11.1. The molecular formula is C11H26N4O2. The van der Waals surface area contributed by atoms with Crippen molar-refractivity contribution < 1.29 is 9.94 Å². The minimum Gasteiger partial charge on any atom is -0.409 e. The van der Waals surface area contributed by atoms with Crippen LogP contribution < -0.4 is 11.1 Å². The van der Waals surface area contributed by atoms with Gasteiger partial charge in [0.1, 0.15) is 5.84 Å². The van der Waals surface area contributed by atoms with E-state index in [9.17, 15) is 0 Å². The molecule has 4 N–H and O–H groups in total.